The molecule has 1 unspecified atom stereocenters. The van der Waals surface area contributed by atoms with Crippen LogP contribution in [0.25, 0.3) is 0 Å². The first-order chi connectivity index (χ1) is 12.8. The molecule has 0 spiro atoms. The van der Waals surface area contributed by atoms with Gasteiger partial charge in [0.25, 0.3) is 0 Å². The van der Waals surface area contributed by atoms with E-state index in [1.54, 1.807) is 6.07 Å². The summed E-state index contributed by atoms with van der Waals surface area (Å²) in [6, 6.07) is 10.4. The molecular weight excluding hydrogens is 410 g/mol. The maximum absolute atomic E-state index is 12.6. The van der Waals surface area contributed by atoms with Crippen LogP contribution in [0, 0.1) is 0 Å². The zero-order chi connectivity index (χ0) is 19.6. The third-order valence-corrected chi connectivity index (χ3v) is 7.18. The predicted molar refractivity (Wildman–Crippen MR) is 102 cm³/mol. The zero-order valence-electron chi connectivity index (χ0n) is 14.2. The van der Waals surface area contributed by atoms with Crippen molar-refractivity contribution in [3.63, 3.8) is 0 Å². The molecule has 0 bridgehead atoms. The van der Waals surface area contributed by atoms with Crippen LogP contribution in [0.3, 0.4) is 0 Å². The summed E-state index contributed by atoms with van der Waals surface area (Å²) >= 11 is 0.162. The van der Waals surface area contributed by atoms with Crippen molar-refractivity contribution in [1.29, 1.82) is 0 Å². The van der Waals surface area contributed by atoms with Gasteiger partial charge in [-0.2, -0.15) is 4.72 Å². The molecular formula is C17H17NO6S3. The highest BCUT2D eigenvalue weighted by molar-refractivity contribution is 7.99. The largest absolute Gasteiger partial charge is 0.617 e. The number of sulfonamides is 1. The Morgan fingerprint density at radius 2 is 1.96 bits per heavy atom. The van der Waals surface area contributed by atoms with Gasteiger partial charge in [-0.15, -0.1) is 0 Å². The van der Waals surface area contributed by atoms with E-state index >= 15 is 0 Å². The minimum Gasteiger partial charge on any atom is -0.617 e. The second kappa shape index (κ2) is 8.11. The van der Waals surface area contributed by atoms with E-state index < -0.39 is 33.2 Å². The lowest BCUT2D eigenvalue weighted by atomic mass is 10.2. The Morgan fingerprint density at radius 1 is 1.26 bits per heavy atom. The van der Waals surface area contributed by atoms with Crippen molar-refractivity contribution < 1.29 is 27.6 Å². The molecule has 0 saturated carbocycles. The van der Waals surface area contributed by atoms with Gasteiger partial charge in [0.2, 0.25) is 10.0 Å². The topological polar surface area (TPSA) is 116 Å². The Hall–Kier alpha value is -1.72. The van der Waals surface area contributed by atoms with E-state index in [0.717, 1.165) is 4.90 Å². The number of benzene rings is 2. The number of carbonyl (C=O) groups is 1. The van der Waals surface area contributed by atoms with Gasteiger partial charge in [0.1, 0.15) is 23.3 Å². The Labute approximate surface area is 164 Å². The van der Waals surface area contributed by atoms with Crippen LogP contribution in [0.2, 0.25) is 0 Å². The number of para-hydroxylation sites is 1. The first kappa shape index (κ1) is 20.0. The SMILES string of the molecule is C[S+]([O-])CC[C@H](NS(=O)(=O)c1ccc2c(c1)Sc1ccccc1O2)C(=O)O. The quantitative estimate of drug-likeness (QED) is 0.556. The summed E-state index contributed by atoms with van der Waals surface area (Å²) in [5, 5.41) is 9.25. The van der Waals surface area contributed by atoms with Crippen LogP contribution in [0.1, 0.15) is 6.42 Å². The van der Waals surface area contributed by atoms with E-state index in [4.69, 9.17) is 4.74 Å². The molecule has 3 rings (SSSR count). The Kier molecular flexibility index (Phi) is 6.02. The van der Waals surface area contributed by atoms with Crippen molar-refractivity contribution in [2.75, 3.05) is 12.0 Å². The van der Waals surface area contributed by atoms with Crippen molar-refractivity contribution >= 4 is 38.9 Å². The molecule has 0 fully saturated rings. The number of carboxylic acid groups (broad SMARTS) is 1. The van der Waals surface area contributed by atoms with Crippen LogP contribution in [0.5, 0.6) is 11.5 Å². The molecule has 10 heteroatoms. The summed E-state index contributed by atoms with van der Waals surface area (Å²) in [5.74, 6) is 0.00845. The monoisotopic (exact) mass is 427 g/mol. The third-order valence-electron chi connectivity index (χ3n) is 3.80. The average Bonchev–Trinajstić information content (AvgIpc) is 2.62. The molecule has 144 valence electrons. The fourth-order valence-electron chi connectivity index (χ4n) is 2.45. The van der Waals surface area contributed by atoms with E-state index in [2.05, 4.69) is 4.72 Å². The molecule has 1 aliphatic heterocycles. The van der Waals surface area contributed by atoms with E-state index in [1.165, 1.54) is 30.2 Å². The fourth-order valence-corrected chi connectivity index (χ4v) is 5.33. The summed E-state index contributed by atoms with van der Waals surface area (Å²) in [5.41, 5.74) is 0. The number of rotatable bonds is 7. The smallest absolute Gasteiger partial charge is 0.321 e. The number of ether oxygens (including phenoxy) is 1. The molecule has 0 saturated heterocycles. The lowest BCUT2D eigenvalue weighted by molar-refractivity contribution is -0.139. The highest BCUT2D eigenvalue weighted by Crippen LogP contribution is 2.47. The minimum atomic E-state index is -4.06. The highest BCUT2D eigenvalue weighted by Gasteiger charge is 2.28. The van der Waals surface area contributed by atoms with Gasteiger partial charge in [0.15, 0.2) is 0 Å². The van der Waals surface area contributed by atoms with Crippen molar-refractivity contribution in [3.05, 3.63) is 42.5 Å². The van der Waals surface area contributed by atoms with Crippen LogP contribution < -0.4 is 9.46 Å². The molecule has 0 amide bonds. The van der Waals surface area contributed by atoms with Gasteiger partial charge in [0.05, 0.1) is 20.9 Å². The molecule has 2 aromatic carbocycles. The number of aliphatic carboxylic acids is 1. The Bertz CT molecular complexity index is 961. The van der Waals surface area contributed by atoms with E-state index in [0.29, 0.717) is 16.4 Å². The van der Waals surface area contributed by atoms with Gasteiger partial charge in [-0.3, -0.25) is 4.79 Å². The van der Waals surface area contributed by atoms with Crippen LogP contribution in [0.15, 0.2) is 57.2 Å². The molecule has 7 nitrogen and oxygen atoms in total. The molecule has 0 radical (unpaired) electrons. The second-order valence-corrected chi connectivity index (χ2v) is 10.2. The van der Waals surface area contributed by atoms with Crippen molar-refractivity contribution in [2.24, 2.45) is 0 Å². The molecule has 2 atom stereocenters. The first-order valence-electron chi connectivity index (χ1n) is 7.90. The maximum atomic E-state index is 12.6. The first-order valence-corrected chi connectivity index (χ1v) is 11.9. The van der Waals surface area contributed by atoms with Crippen molar-refractivity contribution in [2.45, 2.75) is 27.1 Å². The van der Waals surface area contributed by atoms with Crippen LogP contribution in [-0.4, -0.2) is 42.1 Å². The number of hydrogen-bond acceptors (Lipinski definition) is 6. The third kappa shape index (κ3) is 4.77. The summed E-state index contributed by atoms with van der Waals surface area (Å²) in [6.07, 6.45) is 1.37. The van der Waals surface area contributed by atoms with Gasteiger partial charge in [-0.1, -0.05) is 35.1 Å². The molecule has 2 N–H and O–H groups in total. The molecule has 27 heavy (non-hydrogen) atoms. The summed E-state index contributed by atoms with van der Waals surface area (Å²) < 4.78 is 44.4. The van der Waals surface area contributed by atoms with Gasteiger partial charge >= 0.3 is 5.97 Å². The van der Waals surface area contributed by atoms with Crippen molar-refractivity contribution in [3.8, 4) is 11.5 Å². The number of fused-ring (bicyclic) bond motifs is 2. The van der Waals surface area contributed by atoms with Gasteiger partial charge in [0, 0.05) is 6.42 Å². The Balaban J connectivity index is 1.82. The molecule has 1 aliphatic rings. The summed E-state index contributed by atoms with van der Waals surface area (Å²) in [6.45, 7) is 0. The molecule has 0 aliphatic carbocycles. The second-order valence-electron chi connectivity index (χ2n) is 5.84. The van der Waals surface area contributed by atoms with E-state index in [-0.39, 0.29) is 17.1 Å². The van der Waals surface area contributed by atoms with Crippen molar-refractivity contribution in [1.82, 2.24) is 4.72 Å². The number of nitrogens with one attached hydrogen (secondary N) is 1. The number of carboxylic acids is 1. The van der Waals surface area contributed by atoms with Gasteiger partial charge < -0.3 is 14.4 Å². The summed E-state index contributed by atoms with van der Waals surface area (Å²) in [7, 11) is -4.06. The molecule has 0 aromatic heterocycles. The Morgan fingerprint density at radius 3 is 2.67 bits per heavy atom. The zero-order valence-corrected chi connectivity index (χ0v) is 16.7. The standard InChI is InChI=1S/C17H17NO6S3/c1-26(21)9-8-12(17(19)20)18-27(22,23)11-6-7-14-16(10-11)25-15-5-3-2-4-13(15)24-14/h2-7,10,12,18H,8-9H2,1H3,(H,19,20)/t12-,26?/m0/s1. The predicted octanol–water partition coefficient (Wildman–Crippen LogP) is 2.44. The van der Waals surface area contributed by atoms with Crippen LogP contribution >= 0.6 is 11.8 Å². The average molecular weight is 428 g/mol. The number of hydrogen-bond donors (Lipinski definition) is 2. The molecule has 1 heterocycles. The highest BCUT2D eigenvalue weighted by atomic mass is 32.2. The van der Waals surface area contributed by atoms with Gasteiger partial charge in [-0.05, 0) is 30.3 Å². The lowest BCUT2D eigenvalue weighted by Crippen LogP contribution is -2.41. The fraction of sp³-hybridized carbons (Fsp3) is 0.235. The maximum Gasteiger partial charge on any atom is 0.321 e. The van der Waals surface area contributed by atoms with Gasteiger partial charge in [-0.25, -0.2) is 8.42 Å². The molecule has 2 aromatic rings. The normalized spacial score (nSPS) is 15.2. The van der Waals surface area contributed by atoms with E-state index in [9.17, 15) is 22.9 Å². The van der Waals surface area contributed by atoms with E-state index in [1.807, 2.05) is 24.3 Å². The minimum absolute atomic E-state index is 0.0550. The van der Waals surface area contributed by atoms with Crippen LogP contribution in [-0.2, 0) is 26.0 Å². The summed E-state index contributed by atoms with van der Waals surface area (Å²) in [4.78, 5) is 12.8. The lowest BCUT2D eigenvalue weighted by Gasteiger charge is -2.20. The van der Waals surface area contributed by atoms with Crippen LogP contribution in [0.4, 0.5) is 0 Å².